The molecule has 2 aliphatic heterocycles. The number of hydrogen-bond donors (Lipinski definition) is 1. The first-order chi connectivity index (χ1) is 16.9. The van der Waals surface area contributed by atoms with Gasteiger partial charge in [-0.25, -0.2) is 4.39 Å². The van der Waals surface area contributed by atoms with Gasteiger partial charge >= 0.3 is 0 Å². The summed E-state index contributed by atoms with van der Waals surface area (Å²) in [7, 11) is 1.49. The predicted molar refractivity (Wildman–Crippen MR) is 127 cm³/mol. The van der Waals surface area contributed by atoms with Crippen molar-refractivity contribution < 1.29 is 33.3 Å². The van der Waals surface area contributed by atoms with Gasteiger partial charge in [0.15, 0.2) is 11.5 Å². The molecule has 0 saturated carbocycles. The normalized spacial score (nSPS) is 18.6. The Morgan fingerprint density at radius 2 is 1.83 bits per heavy atom. The Morgan fingerprint density at radius 1 is 1.06 bits per heavy atom. The van der Waals surface area contributed by atoms with Crippen LogP contribution in [0.15, 0.2) is 66.2 Å². The van der Waals surface area contributed by atoms with Crippen molar-refractivity contribution in [1.29, 1.82) is 0 Å². The molecule has 2 heterocycles. The maximum atomic E-state index is 13.9. The van der Waals surface area contributed by atoms with E-state index < -0.39 is 23.5 Å². The molecule has 1 N–H and O–H groups in total. The second-order valence-corrected chi connectivity index (χ2v) is 8.31. The Labute approximate surface area is 204 Å². The van der Waals surface area contributed by atoms with Gasteiger partial charge in [-0.3, -0.25) is 14.5 Å². The Hall–Kier alpha value is -4.04. The molecule has 1 saturated heterocycles. The molecule has 2 aliphatic rings. The molecule has 3 aromatic carbocycles. The number of halogens is 2. The molecule has 1 fully saturated rings. The van der Waals surface area contributed by atoms with Crippen LogP contribution >= 0.6 is 11.6 Å². The van der Waals surface area contributed by atoms with Crippen molar-refractivity contribution in [1.82, 2.24) is 0 Å². The quantitative estimate of drug-likeness (QED) is 0.315. The number of carbonyl (C=O) groups excluding carboxylic acids is 2. The van der Waals surface area contributed by atoms with Crippen molar-refractivity contribution in [3.05, 3.63) is 88.2 Å². The molecule has 0 spiro atoms. The minimum absolute atomic E-state index is 0.139. The number of nitrogens with zero attached hydrogens (tertiary/aromatic N) is 1. The van der Waals surface area contributed by atoms with Gasteiger partial charge in [0, 0.05) is 11.3 Å². The lowest BCUT2D eigenvalue weighted by atomic mass is 9.94. The van der Waals surface area contributed by atoms with E-state index in [0.29, 0.717) is 36.0 Å². The standard InChI is InChI=1S/C26H19ClFNO6/c1-33-17-4-2-3-14(11-17)23-22(24(30)15-5-8-20-21(12-15)35-10-9-34-20)25(31)26(32)29(23)16-6-7-19(28)18(27)13-16/h2-8,11-13,23,30H,9-10H2,1H3/b24-22-. The smallest absolute Gasteiger partial charge is 0.300 e. The fourth-order valence-corrected chi connectivity index (χ4v) is 4.38. The van der Waals surface area contributed by atoms with Gasteiger partial charge in [0.05, 0.1) is 23.7 Å². The topological polar surface area (TPSA) is 85.3 Å². The number of rotatable bonds is 4. The summed E-state index contributed by atoms with van der Waals surface area (Å²) in [5.41, 5.74) is 0.841. The van der Waals surface area contributed by atoms with Gasteiger partial charge in [-0.1, -0.05) is 23.7 Å². The molecule has 0 bridgehead atoms. The van der Waals surface area contributed by atoms with E-state index in [0.717, 1.165) is 6.07 Å². The maximum absolute atomic E-state index is 13.9. The van der Waals surface area contributed by atoms with Crippen LogP contribution in [-0.2, 0) is 9.59 Å². The molecular weight excluding hydrogens is 477 g/mol. The summed E-state index contributed by atoms with van der Waals surface area (Å²) in [6.07, 6.45) is 0. The van der Waals surface area contributed by atoms with E-state index in [1.165, 1.54) is 24.1 Å². The third-order valence-electron chi connectivity index (χ3n) is 5.85. The summed E-state index contributed by atoms with van der Waals surface area (Å²) in [6.45, 7) is 0.746. The van der Waals surface area contributed by atoms with Crippen molar-refractivity contribution in [2.45, 2.75) is 6.04 Å². The number of fused-ring (bicyclic) bond motifs is 1. The number of anilines is 1. The first-order valence-corrected chi connectivity index (χ1v) is 11.1. The highest BCUT2D eigenvalue weighted by atomic mass is 35.5. The summed E-state index contributed by atoms with van der Waals surface area (Å²) >= 11 is 5.97. The molecule has 0 aliphatic carbocycles. The van der Waals surface area contributed by atoms with Crippen LogP contribution in [0.1, 0.15) is 17.2 Å². The molecule has 3 aromatic rings. The van der Waals surface area contributed by atoms with Crippen LogP contribution in [0, 0.1) is 5.82 Å². The van der Waals surface area contributed by atoms with Gasteiger partial charge in [-0.05, 0) is 54.1 Å². The number of benzene rings is 3. The minimum Gasteiger partial charge on any atom is -0.507 e. The Bertz CT molecular complexity index is 1390. The fraction of sp³-hybridized carbons (Fsp3) is 0.154. The summed E-state index contributed by atoms with van der Waals surface area (Å²) in [4.78, 5) is 27.7. The summed E-state index contributed by atoms with van der Waals surface area (Å²) in [6, 6.07) is 14.2. The molecule has 0 radical (unpaired) electrons. The third-order valence-corrected chi connectivity index (χ3v) is 6.14. The van der Waals surface area contributed by atoms with Crippen molar-refractivity contribution in [3.8, 4) is 17.2 Å². The zero-order chi connectivity index (χ0) is 24.7. The van der Waals surface area contributed by atoms with E-state index in [1.54, 1.807) is 42.5 Å². The van der Waals surface area contributed by atoms with Crippen LogP contribution in [-0.4, -0.2) is 37.1 Å². The van der Waals surface area contributed by atoms with E-state index in [2.05, 4.69) is 0 Å². The molecule has 1 unspecified atom stereocenters. The van der Waals surface area contributed by atoms with E-state index in [1.807, 2.05) is 0 Å². The number of ketones is 1. The summed E-state index contributed by atoms with van der Waals surface area (Å²) in [5, 5.41) is 11.1. The Kier molecular flexibility index (Phi) is 5.82. The average molecular weight is 496 g/mol. The molecule has 5 rings (SSSR count). The highest BCUT2D eigenvalue weighted by molar-refractivity contribution is 6.51. The summed E-state index contributed by atoms with van der Waals surface area (Å²) in [5.74, 6) is -1.42. The average Bonchev–Trinajstić information content (AvgIpc) is 3.15. The number of hydrogen-bond acceptors (Lipinski definition) is 6. The van der Waals surface area contributed by atoms with Gasteiger partial charge in [-0.2, -0.15) is 0 Å². The molecule has 1 atom stereocenters. The van der Waals surface area contributed by atoms with Crippen LogP contribution in [0.3, 0.4) is 0 Å². The van der Waals surface area contributed by atoms with Gasteiger partial charge in [0.25, 0.3) is 11.7 Å². The van der Waals surface area contributed by atoms with Gasteiger partial charge < -0.3 is 19.3 Å². The molecule has 178 valence electrons. The number of aliphatic hydroxyl groups excluding tert-OH is 1. The van der Waals surface area contributed by atoms with Gasteiger partial charge in [0.1, 0.15) is 30.5 Å². The van der Waals surface area contributed by atoms with Crippen LogP contribution in [0.5, 0.6) is 17.2 Å². The van der Waals surface area contributed by atoms with Crippen LogP contribution < -0.4 is 19.1 Å². The zero-order valence-corrected chi connectivity index (χ0v) is 19.2. The van der Waals surface area contributed by atoms with E-state index in [9.17, 15) is 19.1 Å². The van der Waals surface area contributed by atoms with Crippen molar-refractivity contribution in [2.24, 2.45) is 0 Å². The van der Waals surface area contributed by atoms with Crippen molar-refractivity contribution in [3.63, 3.8) is 0 Å². The zero-order valence-electron chi connectivity index (χ0n) is 18.5. The number of methoxy groups -OCH3 is 1. The van der Waals surface area contributed by atoms with Crippen LogP contribution in [0.2, 0.25) is 5.02 Å². The lowest BCUT2D eigenvalue weighted by molar-refractivity contribution is -0.132. The second kappa shape index (κ2) is 8.96. The molecule has 7 nitrogen and oxygen atoms in total. The number of carbonyl (C=O) groups is 2. The van der Waals surface area contributed by atoms with E-state index in [-0.39, 0.29) is 27.6 Å². The number of ether oxygens (including phenoxy) is 3. The summed E-state index contributed by atoms with van der Waals surface area (Å²) < 4.78 is 30.3. The Morgan fingerprint density at radius 3 is 2.57 bits per heavy atom. The highest BCUT2D eigenvalue weighted by Gasteiger charge is 2.47. The monoisotopic (exact) mass is 495 g/mol. The maximum Gasteiger partial charge on any atom is 0.300 e. The first kappa shape index (κ1) is 22.7. The molecule has 9 heteroatoms. The fourth-order valence-electron chi connectivity index (χ4n) is 4.21. The van der Waals surface area contributed by atoms with E-state index in [4.69, 9.17) is 25.8 Å². The lowest BCUT2D eigenvalue weighted by Gasteiger charge is -2.26. The molecule has 1 amide bonds. The van der Waals surface area contributed by atoms with Gasteiger partial charge in [0.2, 0.25) is 0 Å². The lowest BCUT2D eigenvalue weighted by Crippen LogP contribution is -2.29. The first-order valence-electron chi connectivity index (χ1n) is 10.7. The van der Waals surface area contributed by atoms with Crippen molar-refractivity contribution >= 4 is 34.7 Å². The highest BCUT2D eigenvalue weighted by Crippen LogP contribution is 2.44. The predicted octanol–water partition coefficient (Wildman–Crippen LogP) is 4.89. The molecule has 35 heavy (non-hydrogen) atoms. The SMILES string of the molecule is COc1cccc(C2/C(=C(/O)c3ccc4c(c3)OCCO4)C(=O)C(=O)N2c2ccc(F)c(Cl)c2)c1. The number of amides is 1. The van der Waals surface area contributed by atoms with Crippen molar-refractivity contribution in [2.75, 3.05) is 25.2 Å². The van der Waals surface area contributed by atoms with E-state index >= 15 is 0 Å². The largest absolute Gasteiger partial charge is 0.507 e. The van der Waals surface area contributed by atoms with Crippen LogP contribution in [0.4, 0.5) is 10.1 Å². The molecular formula is C26H19ClFNO6. The second-order valence-electron chi connectivity index (χ2n) is 7.90. The van der Waals surface area contributed by atoms with Crippen LogP contribution in [0.25, 0.3) is 5.76 Å². The Balaban J connectivity index is 1.71. The number of Topliss-reactive ketones (excluding diaryl/α,β-unsaturated/α-hetero) is 1. The third kappa shape index (κ3) is 3.95. The molecule has 0 aromatic heterocycles. The minimum atomic E-state index is -1.03. The number of aliphatic hydroxyl groups is 1. The van der Waals surface area contributed by atoms with Gasteiger partial charge in [-0.15, -0.1) is 0 Å².